The molecule has 2 rings (SSSR count). The maximum absolute atomic E-state index is 9.72. The van der Waals surface area contributed by atoms with Crippen molar-refractivity contribution in [3.05, 3.63) is 23.3 Å². The Balaban J connectivity index is 2.49. The number of aromatic hydroxyl groups is 2. The van der Waals surface area contributed by atoms with Crippen LogP contribution in [-0.4, -0.2) is 29.3 Å². The highest BCUT2D eigenvalue weighted by atomic mass is 16.5. The van der Waals surface area contributed by atoms with Crippen molar-refractivity contribution in [3.8, 4) is 11.5 Å². The topological polar surface area (TPSA) is 62.1 Å². The molecule has 0 aliphatic carbocycles. The maximum Gasteiger partial charge on any atom is 0.220 e. The molecule has 0 unspecified atom stereocenters. The molecule has 1 heterocycles. The largest absolute Gasteiger partial charge is 0.508 e. The maximum atomic E-state index is 9.72. The van der Waals surface area contributed by atoms with E-state index in [4.69, 9.17) is 4.74 Å². The first-order valence-corrected chi connectivity index (χ1v) is 4.39. The molecule has 1 aromatic carbocycles. The number of hydrogen-bond acceptors (Lipinski definition) is 4. The fraction of sp³-hybridized carbons (Fsp3) is 0.300. The quantitative estimate of drug-likeness (QED) is 0.704. The van der Waals surface area contributed by atoms with Crippen molar-refractivity contribution >= 4 is 5.90 Å². The highest BCUT2D eigenvalue weighted by molar-refractivity contribution is 5.98. The molecule has 0 saturated heterocycles. The minimum Gasteiger partial charge on any atom is -0.508 e. The second-order valence-electron chi connectivity index (χ2n) is 3.14. The van der Waals surface area contributed by atoms with Gasteiger partial charge in [-0.05, 0) is 19.1 Å². The van der Waals surface area contributed by atoms with Gasteiger partial charge in [0.15, 0.2) is 0 Å². The van der Waals surface area contributed by atoms with Gasteiger partial charge in [-0.3, -0.25) is 0 Å². The second kappa shape index (κ2) is 3.21. The molecule has 4 nitrogen and oxygen atoms in total. The van der Waals surface area contributed by atoms with Gasteiger partial charge in [-0.1, -0.05) is 0 Å². The average Bonchev–Trinajstić information content (AvgIpc) is 2.67. The molecule has 0 spiro atoms. The number of rotatable bonds is 1. The lowest BCUT2D eigenvalue weighted by atomic mass is 10.1. The van der Waals surface area contributed by atoms with E-state index in [9.17, 15) is 10.2 Å². The van der Waals surface area contributed by atoms with Crippen molar-refractivity contribution in [2.24, 2.45) is 4.99 Å². The van der Waals surface area contributed by atoms with Crippen molar-refractivity contribution in [2.75, 3.05) is 13.2 Å². The molecule has 0 saturated carbocycles. The van der Waals surface area contributed by atoms with Crippen LogP contribution < -0.4 is 0 Å². The average molecular weight is 193 g/mol. The van der Waals surface area contributed by atoms with E-state index in [1.54, 1.807) is 13.0 Å². The number of benzene rings is 1. The molecule has 1 aromatic rings. The Kier molecular flexibility index (Phi) is 2.04. The van der Waals surface area contributed by atoms with Crippen LogP contribution in [0.5, 0.6) is 11.5 Å². The zero-order chi connectivity index (χ0) is 10.1. The number of ether oxygens (including phenoxy) is 1. The van der Waals surface area contributed by atoms with Gasteiger partial charge in [0.1, 0.15) is 18.1 Å². The molecule has 0 atom stereocenters. The second-order valence-corrected chi connectivity index (χ2v) is 3.14. The minimum atomic E-state index is 0.0330. The van der Waals surface area contributed by atoms with Gasteiger partial charge < -0.3 is 14.9 Å². The van der Waals surface area contributed by atoms with Gasteiger partial charge in [-0.15, -0.1) is 0 Å². The number of hydrogen-bond donors (Lipinski definition) is 2. The zero-order valence-electron chi connectivity index (χ0n) is 7.82. The first-order chi connectivity index (χ1) is 6.70. The fourth-order valence-corrected chi connectivity index (χ4v) is 1.36. The Morgan fingerprint density at radius 3 is 2.79 bits per heavy atom. The van der Waals surface area contributed by atoms with E-state index >= 15 is 0 Å². The van der Waals surface area contributed by atoms with Crippen molar-refractivity contribution < 1.29 is 14.9 Å². The smallest absolute Gasteiger partial charge is 0.220 e. The first-order valence-electron chi connectivity index (χ1n) is 4.39. The van der Waals surface area contributed by atoms with Gasteiger partial charge >= 0.3 is 0 Å². The summed E-state index contributed by atoms with van der Waals surface area (Å²) in [7, 11) is 0. The lowest BCUT2D eigenvalue weighted by Crippen LogP contribution is -2.02. The Morgan fingerprint density at radius 1 is 1.36 bits per heavy atom. The van der Waals surface area contributed by atoms with E-state index in [2.05, 4.69) is 4.99 Å². The molecule has 0 aromatic heterocycles. The number of aliphatic imine (C=N–C) groups is 1. The molecule has 74 valence electrons. The lowest BCUT2D eigenvalue weighted by molar-refractivity contribution is 0.346. The number of nitrogens with zero attached hydrogens (tertiary/aromatic N) is 1. The highest BCUT2D eigenvalue weighted by Gasteiger charge is 2.17. The summed E-state index contributed by atoms with van der Waals surface area (Å²) in [5, 5.41) is 19.0. The van der Waals surface area contributed by atoms with Crippen LogP contribution in [0.25, 0.3) is 0 Å². The molecular weight excluding hydrogens is 182 g/mol. The summed E-state index contributed by atoms with van der Waals surface area (Å²) in [5.74, 6) is 0.557. The summed E-state index contributed by atoms with van der Waals surface area (Å²) in [5.41, 5.74) is 0.985. The molecule has 0 amide bonds. The summed E-state index contributed by atoms with van der Waals surface area (Å²) in [6, 6.07) is 3.12. The molecule has 2 N–H and O–H groups in total. The van der Waals surface area contributed by atoms with Crippen molar-refractivity contribution in [1.29, 1.82) is 0 Å². The Morgan fingerprint density at radius 2 is 2.14 bits per heavy atom. The highest BCUT2D eigenvalue weighted by Crippen LogP contribution is 2.30. The predicted octanol–water partition coefficient (Wildman–Crippen LogP) is 1.18. The van der Waals surface area contributed by atoms with Crippen LogP contribution in [0.15, 0.2) is 17.1 Å². The van der Waals surface area contributed by atoms with Crippen molar-refractivity contribution in [1.82, 2.24) is 0 Å². The minimum absolute atomic E-state index is 0.0330. The zero-order valence-corrected chi connectivity index (χ0v) is 7.82. The third kappa shape index (κ3) is 1.28. The van der Waals surface area contributed by atoms with Crippen molar-refractivity contribution in [3.63, 3.8) is 0 Å². The van der Waals surface area contributed by atoms with E-state index in [1.807, 2.05) is 0 Å². The molecular formula is C10H11NO3. The number of phenols is 2. The van der Waals surface area contributed by atoms with Crippen molar-refractivity contribution in [2.45, 2.75) is 6.92 Å². The molecule has 0 radical (unpaired) electrons. The van der Waals surface area contributed by atoms with Crippen LogP contribution in [-0.2, 0) is 4.74 Å². The third-order valence-electron chi connectivity index (χ3n) is 2.22. The number of phenolic OH excluding ortho intramolecular Hbond substituents is 2. The van der Waals surface area contributed by atoms with Crippen LogP contribution in [0.3, 0.4) is 0 Å². The molecule has 1 aliphatic heterocycles. The summed E-state index contributed by atoms with van der Waals surface area (Å²) >= 11 is 0. The van der Waals surface area contributed by atoms with Gasteiger partial charge in [-0.2, -0.15) is 0 Å². The Bertz CT molecular complexity index is 399. The van der Waals surface area contributed by atoms with E-state index in [-0.39, 0.29) is 11.5 Å². The molecule has 0 fully saturated rings. The third-order valence-corrected chi connectivity index (χ3v) is 2.22. The van der Waals surface area contributed by atoms with Gasteiger partial charge in [0, 0.05) is 5.56 Å². The normalized spacial score (nSPS) is 15.1. The van der Waals surface area contributed by atoms with Gasteiger partial charge in [0.25, 0.3) is 0 Å². The van der Waals surface area contributed by atoms with Crippen LogP contribution in [0.1, 0.15) is 11.1 Å². The lowest BCUT2D eigenvalue weighted by Gasteiger charge is -2.07. The summed E-state index contributed by atoms with van der Waals surface area (Å²) in [4.78, 5) is 4.09. The Hall–Kier alpha value is -1.71. The molecule has 1 aliphatic rings. The van der Waals surface area contributed by atoms with E-state index in [0.717, 1.165) is 0 Å². The predicted molar refractivity (Wildman–Crippen MR) is 51.9 cm³/mol. The van der Waals surface area contributed by atoms with E-state index < -0.39 is 0 Å². The molecule has 0 bridgehead atoms. The van der Waals surface area contributed by atoms with Crippen LogP contribution in [0.4, 0.5) is 0 Å². The van der Waals surface area contributed by atoms with Crippen LogP contribution >= 0.6 is 0 Å². The van der Waals surface area contributed by atoms with E-state index in [1.165, 1.54) is 6.07 Å². The molecule has 4 heteroatoms. The van der Waals surface area contributed by atoms with E-state index in [0.29, 0.717) is 30.2 Å². The first kappa shape index (κ1) is 8.87. The fourth-order valence-electron chi connectivity index (χ4n) is 1.36. The Labute approximate surface area is 81.5 Å². The summed E-state index contributed by atoms with van der Waals surface area (Å²) < 4.78 is 5.22. The molecule has 14 heavy (non-hydrogen) atoms. The SMILES string of the molecule is Cc1c(O)ccc(C2=NCCO2)c1O. The van der Waals surface area contributed by atoms with Gasteiger partial charge in [-0.25, -0.2) is 4.99 Å². The van der Waals surface area contributed by atoms with Gasteiger partial charge in [0.2, 0.25) is 5.90 Å². The standard InChI is InChI=1S/C10H11NO3/c1-6-8(12)3-2-7(9(6)13)10-11-4-5-14-10/h2-3,12-13H,4-5H2,1H3. The van der Waals surface area contributed by atoms with Crippen LogP contribution in [0, 0.1) is 6.92 Å². The summed E-state index contributed by atoms with van der Waals surface area (Å²) in [6.45, 7) is 2.81. The van der Waals surface area contributed by atoms with Gasteiger partial charge in [0.05, 0.1) is 12.1 Å². The van der Waals surface area contributed by atoms with Crippen LogP contribution in [0.2, 0.25) is 0 Å². The monoisotopic (exact) mass is 193 g/mol. The summed E-state index contributed by atoms with van der Waals surface area (Å²) in [6.07, 6.45) is 0.